The molecule has 4 heteroatoms. The zero-order valence-electron chi connectivity index (χ0n) is 8.56. The predicted molar refractivity (Wildman–Crippen MR) is 56.2 cm³/mol. The average molecular weight is 210 g/mol. The van der Waals surface area contributed by atoms with Crippen molar-refractivity contribution in [2.75, 3.05) is 24.6 Å². The number of hydrogen-bond donors (Lipinski definition) is 1. The first-order valence-corrected chi connectivity index (χ1v) is 5.28. The second-order valence-electron chi connectivity index (χ2n) is 3.96. The van der Waals surface area contributed by atoms with Gasteiger partial charge in [0.05, 0.1) is 0 Å². The Kier molecular flexibility index (Phi) is 3.16. The van der Waals surface area contributed by atoms with Crippen molar-refractivity contribution < 1.29 is 9.50 Å². The maximum atomic E-state index is 12.9. The molecule has 82 valence electrons. The number of halogens is 1. The van der Waals surface area contributed by atoms with Gasteiger partial charge in [0.15, 0.2) is 0 Å². The van der Waals surface area contributed by atoms with Crippen LogP contribution < -0.4 is 4.90 Å². The normalized spacial score (nSPS) is 21.7. The van der Waals surface area contributed by atoms with Crippen LogP contribution in [0.1, 0.15) is 12.8 Å². The molecule has 2 heterocycles. The van der Waals surface area contributed by atoms with Crippen molar-refractivity contribution in [3.8, 4) is 0 Å². The summed E-state index contributed by atoms with van der Waals surface area (Å²) in [5.74, 6) is 0.524. The van der Waals surface area contributed by atoms with E-state index >= 15 is 0 Å². The SMILES string of the molecule is OCC1CCCN(c2cccc(F)n2)C1. The van der Waals surface area contributed by atoms with Gasteiger partial charge in [-0.2, -0.15) is 4.39 Å². The number of hydrogen-bond acceptors (Lipinski definition) is 3. The molecule has 0 aromatic carbocycles. The molecule has 1 saturated heterocycles. The lowest BCUT2D eigenvalue weighted by atomic mass is 9.99. The highest BCUT2D eigenvalue weighted by Gasteiger charge is 2.20. The van der Waals surface area contributed by atoms with E-state index in [0.717, 1.165) is 25.9 Å². The van der Waals surface area contributed by atoms with Crippen molar-refractivity contribution >= 4 is 5.82 Å². The number of aliphatic hydroxyl groups excluding tert-OH is 1. The smallest absolute Gasteiger partial charge is 0.214 e. The Hall–Kier alpha value is -1.16. The first-order valence-electron chi connectivity index (χ1n) is 5.28. The van der Waals surface area contributed by atoms with Gasteiger partial charge in [-0.3, -0.25) is 0 Å². The average Bonchev–Trinajstić information content (AvgIpc) is 2.29. The van der Waals surface area contributed by atoms with Crippen molar-refractivity contribution in [2.24, 2.45) is 5.92 Å². The lowest BCUT2D eigenvalue weighted by molar-refractivity contribution is 0.208. The molecule has 1 aromatic rings. The molecule has 3 nitrogen and oxygen atoms in total. The molecule has 15 heavy (non-hydrogen) atoms. The van der Waals surface area contributed by atoms with E-state index in [-0.39, 0.29) is 6.61 Å². The number of aromatic nitrogens is 1. The van der Waals surface area contributed by atoms with Gasteiger partial charge in [-0.05, 0) is 30.9 Å². The summed E-state index contributed by atoms with van der Waals surface area (Å²) in [4.78, 5) is 5.88. The largest absolute Gasteiger partial charge is 0.396 e. The maximum absolute atomic E-state index is 12.9. The molecule has 0 amide bonds. The third kappa shape index (κ3) is 2.45. The third-order valence-electron chi connectivity index (χ3n) is 2.80. The van der Waals surface area contributed by atoms with Crippen molar-refractivity contribution in [2.45, 2.75) is 12.8 Å². The highest BCUT2D eigenvalue weighted by molar-refractivity contribution is 5.38. The molecular formula is C11H15FN2O. The lowest BCUT2D eigenvalue weighted by Gasteiger charge is -2.32. The first-order chi connectivity index (χ1) is 7.29. The van der Waals surface area contributed by atoms with E-state index in [2.05, 4.69) is 4.98 Å². The van der Waals surface area contributed by atoms with Crippen LogP contribution in [-0.4, -0.2) is 29.8 Å². The minimum absolute atomic E-state index is 0.200. The Bertz CT molecular complexity index is 332. The quantitative estimate of drug-likeness (QED) is 0.750. The van der Waals surface area contributed by atoms with E-state index in [0.29, 0.717) is 11.7 Å². The molecule has 1 atom stereocenters. The number of aliphatic hydroxyl groups is 1. The standard InChI is InChI=1S/C11H15FN2O/c12-10-4-1-5-11(13-10)14-6-2-3-9(7-14)8-15/h1,4-5,9,15H,2-3,6-8H2. The highest BCUT2D eigenvalue weighted by atomic mass is 19.1. The van der Waals surface area contributed by atoms with E-state index in [9.17, 15) is 4.39 Å². The maximum Gasteiger partial charge on any atom is 0.214 e. The molecule has 1 aliphatic heterocycles. The fourth-order valence-corrected chi connectivity index (χ4v) is 2.00. The van der Waals surface area contributed by atoms with Gasteiger partial charge in [0.25, 0.3) is 0 Å². The van der Waals surface area contributed by atoms with Gasteiger partial charge in [0, 0.05) is 19.7 Å². The molecular weight excluding hydrogens is 195 g/mol. The summed E-state index contributed by atoms with van der Waals surface area (Å²) in [6, 6.07) is 4.82. The van der Waals surface area contributed by atoms with Gasteiger partial charge >= 0.3 is 0 Å². The van der Waals surface area contributed by atoms with Crippen LogP contribution in [0.15, 0.2) is 18.2 Å². The van der Waals surface area contributed by atoms with Crippen LogP contribution in [-0.2, 0) is 0 Å². The fraction of sp³-hybridized carbons (Fsp3) is 0.545. The van der Waals surface area contributed by atoms with Crippen LogP contribution >= 0.6 is 0 Å². The molecule has 1 aliphatic rings. The van der Waals surface area contributed by atoms with Crippen LogP contribution in [0.2, 0.25) is 0 Å². The Morgan fingerprint density at radius 3 is 3.13 bits per heavy atom. The van der Waals surface area contributed by atoms with Gasteiger partial charge in [-0.1, -0.05) is 6.07 Å². The van der Waals surface area contributed by atoms with Crippen LogP contribution in [0.3, 0.4) is 0 Å². The Balaban J connectivity index is 2.09. The van der Waals surface area contributed by atoms with Crippen molar-refractivity contribution in [3.05, 3.63) is 24.1 Å². The highest BCUT2D eigenvalue weighted by Crippen LogP contribution is 2.21. The minimum atomic E-state index is -0.446. The molecule has 0 spiro atoms. The summed E-state index contributed by atoms with van der Waals surface area (Å²) in [7, 11) is 0. The number of nitrogens with zero attached hydrogens (tertiary/aromatic N) is 2. The van der Waals surface area contributed by atoms with Crippen LogP contribution in [0.4, 0.5) is 10.2 Å². The van der Waals surface area contributed by atoms with Crippen LogP contribution in [0.25, 0.3) is 0 Å². The minimum Gasteiger partial charge on any atom is -0.396 e. The van der Waals surface area contributed by atoms with Crippen LogP contribution in [0, 0.1) is 11.9 Å². The summed E-state index contributed by atoms with van der Waals surface area (Å²) < 4.78 is 12.9. The molecule has 0 aliphatic carbocycles. The molecule has 1 fully saturated rings. The van der Waals surface area contributed by atoms with Gasteiger partial charge in [-0.15, -0.1) is 0 Å². The first kappa shape index (κ1) is 10.4. The van der Waals surface area contributed by atoms with E-state index in [1.807, 2.05) is 11.0 Å². The van der Waals surface area contributed by atoms with E-state index in [1.54, 1.807) is 6.07 Å². The second kappa shape index (κ2) is 4.57. The number of anilines is 1. The van der Waals surface area contributed by atoms with E-state index < -0.39 is 5.95 Å². The fourth-order valence-electron chi connectivity index (χ4n) is 2.00. The van der Waals surface area contributed by atoms with Gasteiger partial charge < -0.3 is 10.0 Å². The third-order valence-corrected chi connectivity index (χ3v) is 2.80. The lowest BCUT2D eigenvalue weighted by Crippen LogP contribution is -2.37. The molecule has 2 rings (SSSR count). The monoisotopic (exact) mass is 210 g/mol. The summed E-state index contributed by atoms with van der Waals surface area (Å²) in [6.07, 6.45) is 2.08. The van der Waals surface area contributed by atoms with Crippen molar-refractivity contribution in [1.29, 1.82) is 0 Å². The van der Waals surface area contributed by atoms with Gasteiger partial charge in [0.1, 0.15) is 5.82 Å². The topological polar surface area (TPSA) is 36.4 Å². The number of pyridine rings is 1. The molecule has 1 N–H and O–H groups in total. The molecule has 1 unspecified atom stereocenters. The molecule has 0 saturated carbocycles. The number of rotatable bonds is 2. The zero-order chi connectivity index (χ0) is 10.7. The molecule has 0 radical (unpaired) electrons. The summed E-state index contributed by atoms with van der Waals surface area (Å²) in [5, 5.41) is 9.09. The predicted octanol–water partition coefficient (Wildman–Crippen LogP) is 1.43. The number of piperidine rings is 1. The van der Waals surface area contributed by atoms with Gasteiger partial charge in [0.2, 0.25) is 5.95 Å². The Morgan fingerprint density at radius 1 is 1.53 bits per heavy atom. The Morgan fingerprint density at radius 2 is 2.40 bits per heavy atom. The Labute approximate surface area is 88.6 Å². The molecule has 1 aromatic heterocycles. The second-order valence-corrected chi connectivity index (χ2v) is 3.96. The van der Waals surface area contributed by atoms with Gasteiger partial charge in [-0.25, -0.2) is 4.98 Å². The zero-order valence-corrected chi connectivity index (χ0v) is 8.56. The van der Waals surface area contributed by atoms with Crippen molar-refractivity contribution in [1.82, 2.24) is 4.98 Å². The van der Waals surface area contributed by atoms with E-state index in [1.165, 1.54) is 6.07 Å². The summed E-state index contributed by atoms with van der Waals surface area (Å²) in [5.41, 5.74) is 0. The summed E-state index contributed by atoms with van der Waals surface area (Å²) in [6.45, 7) is 1.87. The van der Waals surface area contributed by atoms with E-state index in [4.69, 9.17) is 5.11 Å². The van der Waals surface area contributed by atoms with Crippen molar-refractivity contribution in [3.63, 3.8) is 0 Å². The molecule has 0 bridgehead atoms. The van der Waals surface area contributed by atoms with Crippen LogP contribution in [0.5, 0.6) is 0 Å². The summed E-state index contributed by atoms with van der Waals surface area (Å²) >= 11 is 0.